The van der Waals surface area contributed by atoms with E-state index < -0.39 is 0 Å². The van der Waals surface area contributed by atoms with Gasteiger partial charge in [0.15, 0.2) is 0 Å². The Bertz CT molecular complexity index is 319. The topological polar surface area (TPSA) is 29.9 Å². The monoisotopic (exact) mass is 221 g/mol. The number of aryl methyl sites for hydroxylation is 2. The third-order valence-electron chi connectivity index (χ3n) is 3.79. The average molecular weight is 221 g/mol. The molecule has 0 radical (unpaired) electrons. The molecule has 1 saturated carbocycles. The highest BCUT2D eigenvalue weighted by atomic mass is 15.0. The third-order valence-corrected chi connectivity index (χ3v) is 3.79. The first-order valence-corrected chi connectivity index (χ1v) is 6.51. The minimum absolute atomic E-state index is 0.755. The van der Waals surface area contributed by atoms with E-state index in [2.05, 4.69) is 28.8 Å². The summed E-state index contributed by atoms with van der Waals surface area (Å²) in [4.78, 5) is 4.39. The van der Waals surface area contributed by atoms with Gasteiger partial charge in [0.05, 0.1) is 0 Å². The molecule has 2 atom stereocenters. The predicted octanol–water partition coefficient (Wildman–Crippen LogP) is 2.13. The molecule has 0 bridgehead atoms. The Morgan fingerprint density at radius 3 is 3.06 bits per heavy atom. The second kappa shape index (κ2) is 5.48. The van der Waals surface area contributed by atoms with Gasteiger partial charge in [-0.15, -0.1) is 0 Å². The van der Waals surface area contributed by atoms with E-state index in [1.54, 1.807) is 0 Å². The largest absolute Gasteiger partial charge is 0.338 e. The number of imidazole rings is 1. The second-order valence-corrected chi connectivity index (χ2v) is 4.85. The van der Waals surface area contributed by atoms with Gasteiger partial charge in [-0.2, -0.15) is 0 Å². The van der Waals surface area contributed by atoms with E-state index >= 15 is 0 Å². The normalized spacial score (nSPS) is 25.1. The summed E-state index contributed by atoms with van der Waals surface area (Å²) in [6.07, 6.45) is 10.5. The molecule has 1 heterocycles. The Labute approximate surface area is 98.3 Å². The standard InChI is InChI=1S/C13H23N3/c1-3-14-12-6-4-5-11(12)7-8-13-15-9-10-16(13)2/h9-12,14H,3-8H2,1-2H3. The molecule has 1 aromatic heterocycles. The molecule has 0 aromatic carbocycles. The van der Waals surface area contributed by atoms with Crippen LogP contribution in [0.1, 0.15) is 38.4 Å². The summed E-state index contributed by atoms with van der Waals surface area (Å²) in [5.41, 5.74) is 0. The molecule has 2 unspecified atom stereocenters. The van der Waals surface area contributed by atoms with Gasteiger partial charge in [-0.3, -0.25) is 0 Å². The van der Waals surface area contributed by atoms with Crippen molar-refractivity contribution in [1.82, 2.24) is 14.9 Å². The Morgan fingerprint density at radius 2 is 2.38 bits per heavy atom. The van der Waals surface area contributed by atoms with Crippen LogP contribution in [0.3, 0.4) is 0 Å². The van der Waals surface area contributed by atoms with Gasteiger partial charge in [-0.25, -0.2) is 4.98 Å². The van der Waals surface area contributed by atoms with Crippen LogP contribution in [-0.2, 0) is 13.5 Å². The number of hydrogen-bond donors (Lipinski definition) is 1. The maximum atomic E-state index is 4.39. The van der Waals surface area contributed by atoms with Crippen molar-refractivity contribution in [2.45, 2.75) is 45.1 Å². The summed E-state index contributed by atoms with van der Waals surface area (Å²) < 4.78 is 2.14. The van der Waals surface area contributed by atoms with Crippen molar-refractivity contribution in [2.75, 3.05) is 6.54 Å². The van der Waals surface area contributed by atoms with E-state index in [0.29, 0.717) is 0 Å². The number of nitrogens with zero attached hydrogens (tertiary/aromatic N) is 2. The zero-order chi connectivity index (χ0) is 11.4. The van der Waals surface area contributed by atoms with Crippen LogP contribution >= 0.6 is 0 Å². The van der Waals surface area contributed by atoms with Crippen LogP contribution in [0, 0.1) is 5.92 Å². The molecular weight excluding hydrogens is 198 g/mol. The molecule has 3 heteroatoms. The van der Waals surface area contributed by atoms with Gasteiger partial charge in [0.2, 0.25) is 0 Å². The zero-order valence-electron chi connectivity index (χ0n) is 10.4. The fourth-order valence-electron chi connectivity index (χ4n) is 2.87. The summed E-state index contributed by atoms with van der Waals surface area (Å²) in [6.45, 7) is 3.30. The quantitative estimate of drug-likeness (QED) is 0.825. The Kier molecular flexibility index (Phi) is 3.99. The van der Waals surface area contributed by atoms with Crippen LogP contribution in [0.25, 0.3) is 0 Å². The fraction of sp³-hybridized carbons (Fsp3) is 0.769. The first kappa shape index (κ1) is 11.6. The third kappa shape index (κ3) is 2.64. The maximum Gasteiger partial charge on any atom is 0.108 e. The molecular formula is C13H23N3. The molecule has 0 aliphatic heterocycles. The molecule has 0 saturated heterocycles. The van der Waals surface area contributed by atoms with Crippen LogP contribution in [0.2, 0.25) is 0 Å². The number of hydrogen-bond acceptors (Lipinski definition) is 2. The predicted molar refractivity (Wildman–Crippen MR) is 66.3 cm³/mol. The molecule has 1 aromatic rings. The Morgan fingerprint density at radius 1 is 1.50 bits per heavy atom. The molecule has 1 N–H and O–H groups in total. The highest BCUT2D eigenvalue weighted by molar-refractivity contribution is 4.93. The smallest absolute Gasteiger partial charge is 0.108 e. The first-order valence-electron chi connectivity index (χ1n) is 6.51. The van der Waals surface area contributed by atoms with Gasteiger partial charge in [-0.05, 0) is 31.7 Å². The molecule has 16 heavy (non-hydrogen) atoms. The zero-order valence-corrected chi connectivity index (χ0v) is 10.4. The van der Waals surface area contributed by atoms with E-state index in [-0.39, 0.29) is 0 Å². The van der Waals surface area contributed by atoms with Gasteiger partial charge >= 0.3 is 0 Å². The highest BCUT2D eigenvalue weighted by Gasteiger charge is 2.26. The lowest BCUT2D eigenvalue weighted by molar-refractivity contribution is 0.382. The van der Waals surface area contributed by atoms with Gasteiger partial charge in [0.25, 0.3) is 0 Å². The maximum absolute atomic E-state index is 4.39. The van der Waals surface area contributed by atoms with Gasteiger partial charge < -0.3 is 9.88 Å². The average Bonchev–Trinajstić information content (AvgIpc) is 2.86. The lowest BCUT2D eigenvalue weighted by Crippen LogP contribution is -2.32. The summed E-state index contributed by atoms with van der Waals surface area (Å²) in [7, 11) is 2.08. The molecule has 1 fully saturated rings. The molecule has 90 valence electrons. The van der Waals surface area contributed by atoms with Gasteiger partial charge in [0.1, 0.15) is 5.82 Å². The lowest BCUT2D eigenvalue weighted by atomic mass is 9.97. The van der Waals surface area contributed by atoms with Crippen molar-refractivity contribution in [2.24, 2.45) is 13.0 Å². The first-order chi connectivity index (χ1) is 7.81. The van der Waals surface area contributed by atoms with Crippen LogP contribution in [0.15, 0.2) is 12.4 Å². The summed E-state index contributed by atoms with van der Waals surface area (Å²) in [5.74, 6) is 2.08. The Balaban J connectivity index is 1.83. The molecule has 1 aliphatic carbocycles. The minimum atomic E-state index is 0.755. The number of nitrogens with one attached hydrogen (secondary N) is 1. The summed E-state index contributed by atoms with van der Waals surface area (Å²) in [5, 5.41) is 3.61. The van der Waals surface area contributed by atoms with Crippen molar-refractivity contribution in [3.63, 3.8) is 0 Å². The van der Waals surface area contributed by atoms with Gasteiger partial charge in [-0.1, -0.05) is 13.3 Å². The highest BCUT2D eigenvalue weighted by Crippen LogP contribution is 2.29. The van der Waals surface area contributed by atoms with E-state index in [0.717, 1.165) is 24.9 Å². The van der Waals surface area contributed by atoms with Gasteiger partial charge in [0, 0.05) is 31.9 Å². The minimum Gasteiger partial charge on any atom is -0.338 e. The Hall–Kier alpha value is -0.830. The summed E-state index contributed by atoms with van der Waals surface area (Å²) in [6, 6.07) is 0.755. The van der Waals surface area contributed by atoms with Crippen molar-refractivity contribution in [3.8, 4) is 0 Å². The number of rotatable bonds is 5. The van der Waals surface area contributed by atoms with Crippen LogP contribution < -0.4 is 5.32 Å². The molecule has 0 spiro atoms. The summed E-state index contributed by atoms with van der Waals surface area (Å²) >= 11 is 0. The van der Waals surface area contributed by atoms with Crippen molar-refractivity contribution in [3.05, 3.63) is 18.2 Å². The molecule has 0 amide bonds. The number of aromatic nitrogens is 2. The van der Waals surface area contributed by atoms with Crippen molar-refractivity contribution < 1.29 is 0 Å². The van der Waals surface area contributed by atoms with Crippen molar-refractivity contribution >= 4 is 0 Å². The SMILES string of the molecule is CCNC1CCCC1CCc1nccn1C. The molecule has 1 aliphatic rings. The second-order valence-electron chi connectivity index (χ2n) is 4.85. The van der Waals surface area contributed by atoms with Crippen molar-refractivity contribution in [1.29, 1.82) is 0 Å². The molecule has 3 nitrogen and oxygen atoms in total. The fourth-order valence-corrected chi connectivity index (χ4v) is 2.87. The molecule has 2 rings (SSSR count). The van der Waals surface area contributed by atoms with Crippen LogP contribution in [0.5, 0.6) is 0 Å². The van der Waals surface area contributed by atoms with E-state index in [1.165, 1.54) is 31.5 Å². The van der Waals surface area contributed by atoms with E-state index in [1.807, 2.05) is 12.4 Å². The van der Waals surface area contributed by atoms with Crippen LogP contribution in [0.4, 0.5) is 0 Å². The van der Waals surface area contributed by atoms with Crippen LogP contribution in [-0.4, -0.2) is 22.1 Å². The van der Waals surface area contributed by atoms with E-state index in [4.69, 9.17) is 0 Å². The lowest BCUT2D eigenvalue weighted by Gasteiger charge is -2.20. The van der Waals surface area contributed by atoms with E-state index in [9.17, 15) is 0 Å².